The van der Waals surface area contributed by atoms with Crippen LogP contribution in [0.5, 0.6) is 0 Å². The molecule has 1 heteroatoms. The normalized spacial score (nSPS) is 38.5. The van der Waals surface area contributed by atoms with Crippen molar-refractivity contribution in [1.82, 2.24) is 0 Å². The van der Waals surface area contributed by atoms with Crippen LogP contribution in [0.2, 0.25) is 0 Å². The minimum atomic E-state index is 0.0416. The number of ketones is 1. The second-order valence-electron chi connectivity index (χ2n) is 3.35. The van der Waals surface area contributed by atoms with Crippen molar-refractivity contribution in [2.24, 2.45) is 11.8 Å². The lowest BCUT2D eigenvalue weighted by atomic mass is 10.0. The van der Waals surface area contributed by atoms with E-state index in [2.05, 4.69) is 12.2 Å². The van der Waals surface area contributed by atoms with Gasteiger partial charge in [0.1, 0.15) is 5.78 Å². The van der Waals surface area contributed by atoms with Gasteiger partial charge >= 0.3 is 0 Å². The molecular weight excluding hydrogens is 148 g/mol. The molecule has 2 bridgehead atoms. The second-order valence-corrected chi connectivity index (χ2v) is 3.35. The van der Waals surface area contributed by atoms with Gasteiger partial charge in [-0.05, 0) is 12.3 Å². The van der Waals surface area contributed by atoms with Gasteiger partial charge in [-0.1, -0.05) is 36.5 Å². The Balaban J connectivity index is 2.34. The summed E-state index contributed by atoms with van der Waals surface area (Å²) in [5.41, 5.74) is 0. The lowest BCUT2D eigenvalue weighted by Crippen LogP contribution is -2.07. The Morgan fingerprint density at radius 1 is 1.08 bits per heavy atom. The predicted octanol–water partition coefficient (Wildman–Crippen LogP) is 2.26. The molecule has 1 nitrogen and oxygen atoms in total. The molecule has 0 spiro atoms. The highest BCUT2D eigenvalue weighted by atomic mass is 16.1. The van der Waals surface area contributed by atoms with Crippen LogP contribution in [0, 0.1) is 11.8 Å². The van der Waals surface area contributed by atoms with Gasteiger partial charge in [-0.15, -0.1) is 0 Å². The molecule has 2 aliphatic rings. The fraction of sp³-hybridized carbons (Fsp3) is 0.364. The minimum Gasteiger partial charge on any atom is -0.299 e. The van der Waals surface area contributed by atoms with Gasteiger partial charge in [0.2, 0.25) is 0 Å². The van der Waals surface area contributed by atoms with E-state index in [-0.39, 0.29) is 5.92 Å². The maximum Gasteiger partial charge on any atom is 0.143 e. The van der Waals surface area contributed by atoms with Crippen LogP contribution >= 0.6 is 0 Å². The number of fused-ring (bicyclic) bond motifs is 2. The summed E-state index contributed by atoms with van der Waals surface area (Å²) in [5.74, 6) is 0.873. The Morgan fingerprint density at radius 3 is 2.83 bits per heavy atom. The molecule has 2 atom stereocenters. The van der Waals surface area contributed by atoms with Crippen LogP contribution in [-0.2, 0) is 4.79 Å². The molecule has 0 aromatic rings. The van der Waals surface area contributed by atoms with Crippen LogP contribution in [0.25, 0.3) is 0 Å². The van der Waals surface area contributed by atoms with Gasteiger partial charge in [-0.3, -0.25) is 4.79 Å². The highest BCUT2D eigenvalue weighted by Gasteiger charge is 2.18. The smallest absolute Gasteiger partial charge is 0.143 e. The predicted molar refractivity (Wildman–Crippen MR) is 48.6 cm³/mol. The average molecular weight is 160 g/mol. The maximum absolute atomic E-state index is 11.4. The third-order valence-electron chi connectivity index (χ3n) is 2.45. The van der Waals surface area contributed by atoms with Crippen molar-refractivity contribution < 1.29 is 4.79 Å². The molecule has 0 saturated heterocycles. The molecule has 0 saturated carbocycles. The number of allylic oxidation sites excluding steroid dienone is 6. The Morgan fingerprint density at radius 2 is 1.92 bits per heavy atom. The van der Waals surface area contributed by atoms with E-state index in [1.807, 2.05) is 24.3 Å². The van der Waals surface area contributed by atoms with E-state index in [1.54, 1.807) is 0 Å². The standard InChI is InChI=1S/C11H12O/c12-11-8-6-9-3-1-2-4-10(11)7-5-9/h1-5,7,9-10H,6,8H2/b3-1-,4-2-. The van der Waals surface area contributed by atoms with E-state index in [0.29, 0.717) is 11.7 Å². The largest absolute Gasteiger partial charge is 0.299 e. The molecule has 2 unspecified atom stereocenters. The maximum atomic E-state index is 11.4. The van der Waals surface area contributed by atoms with E-state index < -0.39 is 0 Å². The number of Topliss-reactive ketones (excluding diaryl/α,β-unsaturated/α-hetero) is 1. The number of hydrogen-bond acceptors (Lipinski definition) is 1. The molecule has 62 valence electrons. The topological polar surface area (TPSA) is 17.1 Å². The van der Waals surface area contributed by atoms with Gasteiger partial charge in [-0.25, -0.2) is 0 Å². The molecule has 0 heterocycles. The molecule has 0 aliphatic heterocycles. The van der Waals surface area contributed by atoms with Crippen molar-refractivity contribution in [3.05, 3.63) is 36.5 Å². The summed E-state index contributed by atoms with van der Waals surface area (Å²) in [6.07, 6.45) is 14.0. The summed E-state index contributed by atoms with van der Waals surface area (Å²) in [4.78, 5) is 11.4. The summed E-state index contributed by atoms with van der Waals surface area (Å²) in [5, 5.41) is 0. The quantitative estimate of drug-likeness (QED) is 0.497. The molecule has 0 aromatic carbocycles. The SMILES string of the molecule is O=C1CCC2C=CC1/C=C\C=C/2. The molecule has 0 aromatic heterocycles. The Labute approximate surface area is 72.5 Å². The molecule has 0 amide bonds. The Kier molecular flexibility index (Phi) is 1.94. The Bertz CT molecular complexity index is 271. The third kappa shape index (κ3) is 1.40. The number of carbonyl (C=O) groups excluding carboxylic acids is 1. The zero-order chi connectivity index (χ0) is 8.39. The first-order valence-electron chi connectivity index (χ1n) is 4.42. The molecule has 2 rings (SSSR count). The second kappa shape index (κ2) is 3.10. The molecule has 0 N–H and O–H groups in total. The summed E-state index contributed by atoms with van der Waals surface area (Å²) in [7, 11) is 0. The lowest BCUT2D eigenvalue weighted by molar-refractivity contribution is -0.120. The van der Waals surface area contributed by atoms with Gasteiger partial charge in [0.15, 0.2) is 0 Å². The number of rotatable bonds is 0. The van der Waals surface area contributed by atoms with E-state index in [4.69, 9.17) is 0 Å². The highest BCUT2D eigenvalue weighted by Crippen LogP contribution is 2.22. The molecule has 0 fully saturated rings. The molecule has 2 aliphatic carbocycles. The first-order chi connectivity index (χ1) is 5.86. The highest BCUT2D eigenvalue weighted by molar-refractivity contribution is 5.85. The van der Waals surface area contributed by atoms with Crippen LogP contribution in [0.3, 0.4) is 0 Å². The van der Waals surface area contributed by atoms with Gasteiger partial charge < -0.3 is 0 Å². The van der Waals surface area contributed by atoms with Gasteiger partial charge in [0, 0.05) is 6.42 Å². The Hall–Kier alpha value is -1.11. The summed E-state index contributed by atoms with van der Waals surface area (Å²) in [6, 6.07) is 0. The van der Waals surface area contributed by atoms with Crippen molar-refractivity contribution in [3.63, 3.8) is 0 Å². The first-order valence-corrected chi connectivity index (χ1v) is 4.42. The lowest BCUT2D eigenvalue weighted by Gasteiger charge is -2.01. The van der Waals surface area contributed by atoms with Crippen molar-refractivity contribution in [3.8, 4) is 0 Å². The van der Waals surface area contributed by atoms with Crippen molar-refractivity contribution in [2.45, 2.75) is 12.8 Å². The van der Waals surface area contributed by atoms with Gasteiger partial charge in [0.05, 0.1) is 5.92 Å². The monoisotopic (exact) mass is 160 g/mol. The fourth-order valence-electron chi connectivity index (χ4n) is 1.66. The molecule has 0 radical (unpaired) electrons. The summed E-state index contributed by atoms with van der Waals surface area (Å²) >= 11 is 0. The zero-order valence-electron chi connectivity index (χ0n) is 6.94. The van der Waals surface area contributed by atoms with Crippen LogP contribution in [0.1, 0.15) is 12.8 Å². The summed E-state index contributed by atoms with van der Waals surface area (Å²) in [6.45, 7) is 0. The van der Waals surface area contributed by atoms with Crippen LogP contribution in [-0.4, -0.2) is 5.78 Å². The summed E-state index contributed by atoms with van der Waals surface area (Å²) < 4.78 is 0. The van der Waals surface area contributed by atoms with Crippen molar-refractivity contribution >= 4 is 5.78 Å². The number of carbonyl (C=O) groups is 1. The van der Waals surface area contributed by atoms with Crippen LogP contribution < -0.4 is 0 Å². The number of hydrogen-bond donors (Lipinski definition) is 0. The van der Waals surface area contributed by atoms with Crippen molar-refractivity contribution in [1.29, 1.82) is 0 Å². The van der Waals surface area contributed by atoms with Crippen LogP contribution in [0.15, 0.2) is 36.5 Å². The zero-order valence-corrected chi connectivity index (χ0v) is 6.94. The van der Waals surface area contributed by atoms with E-state index in [9.17, 15) is 4.79 Å². The van der Waals surface area contributed by atoms with Gasteiger partial charge in [-0.2, -0.15) is 0 Å². The van der Waals surface area contributed by atoms with E-state index in [0.717, 1.165) is 12.8 Å². The van der Waals surface area contributed by atoms with Gasteiger partial charge in [0.25, 0.3) is 0 Å². The van der Waals surface area contributed by atoms with Crippen molar-refractivity contribution in [2.75, 3.05) is 0 Å². The van der Waals surface area contributed by atoms with E-state index >= 15 is 0 Å². The molecule has 12 heavy (non-hydrogen) atoms. The van der Waals surface area contributed by atoms with E-state index in [1.165, 1.54) is 0 Å². The average Bonchev–Trinajstić information content (AvgIpc) is 2.12. The molecular formula is C11H12O. The first kappa shape index (κ1) is 7.53. The van der Waals surface area contributed by atoms with Crippen LogP contribution in [0.4, 0.5) is 0 Å². The fourth-order valence-corrected chi connectivity index (χ4v) is 1.66. The third-order valence-corrected chi connectivity index (χ3v) is 2.45. The minimum absolute atomic E-state index is 0.0416.